The molecule has 3 heterocycles. The van der Waals surface area contributed by atoms with Crippen LogP contribution in [0.4, 0.5) is 0 Å². The maximum Gasteiger partial charge on any atom is 0.260 e. The normalized spacial score (nSPS) is 27.0. The van der Waals surface area contributed by atoms with Crippen molar-refractivity contribution in [3.63, 3.8) is 0 Å². The Morgan fingerprint density at radius 3 is 2.94 bits per heavy atom. The van der Waals surface area contributed by atoms with Gasteiger partial charge in [0.2, 0.25) is 0 Å². The fourth-order valence-corrected chi connectivity index (χ4v) is 2.89. The molecule has 0 radical (unpaired) electrons. The molecule has 5 nitrogen and oxygen atoms in total. The Morgan fingerprint density at radius 2 is 2.11 bits per heavy atom. The zero-order chi connectivity index (χ0) is 12.5. The highest BCUT2D eigenvalue weighted by atomic mass is 16.2. The second-order valence-corrected chi connectivity index (χ2v) is 5.09. The topological polar surface area (TPSA) is 65.2 Å². The van der Waals surface area contributed by atoms with Crippen molar-refractivity contribution in [1.82, 2.24) is 15.2 Å². The Hall–Kier alpha value is -1.62. The predicted molar refractivity (Wildman–Crippen MR) is 67.5 cm³/mol. The Kier molecular flexibility index (Phi) is 2.91. The number of carbonyl (C=O) groups is 1. The highest BCUT2D eigenvalue weighted by Gasteiger charge is 2.31. The zero-order valence-corrected chi connectivity index (χ0v) is 10.2. The van der Waals surface area contributed by atoms with E-state index in [-0.39, 0.29) is 17.0 Å². The number of nitrogens with one attached hydrogen (secondary N) is 2. The van der Waals surface area contributed by atoms with E-state index in [1.807, 2.05) is 0 Å². The molecule has 2 saturated heterocycles. The van der Waals surface area contributed by atoms with Gasteiger partial charge in [-0.05, 0) is 31.4 Å². The molecule has 3 rings (SSSR count). The number of amides is 1. The van der Waals surface area contributed by atoms with Crippen LogP contribution in [0.2, 0.25) is 0 Å². The maximum atomic E-state index is 12.3. The standard InChI is InChI=1S/C13H17N3O2/c17-12-11(2-1-6-14-12)13(18)16-7-5-9-3-4-10(8-16)15-9/h1-2,6,9-10,15H,3-5,7-8H2,(H,14,17). The molecule has 2 aliphatic rings. The SMILES string of the molecule is O=C(c1ccc[nH]c1=O)N1CCC2CCC(C1)N2. The van der Waals surface area contributed by atoms with Crippen LogP contribution in [0.1, 0.15) is 29.6 Å². The number of hydrogen-bond donors (Lipinski definition) is 2. The summed E-state index contributed by atoms with van der Waals surface area (Å²) in [5, 5.41) is 3.52. The fraction of sp³-hybridized carbons (Fsp3) is 0.538. The van der Waals surface area contributed by atoms with E-state index in [2.05, 4.69) is 10.3 Å². The molecule has 1 aromatic rings. The van der Waals surface area contributed by atoms with Gasteiger partial charge in [-0.1, -0.05) is 0 Å². The molecule has 0 aromatic carbocycles. The number of aromatic nitrogens is 1. The van der Waals surface area contributed by atoms with Crippen molar-refractivity contribution in [2.75, 3.05) is 13.1 Å². The fourth-order valence-electron chi connectivity index (χ4n) is 2.89. The lowest BCUT2D eigenvalue weighted by Gasteiger charge is -2.23. The van der Waals surface area contributed by atoms with Crippen molar-refractivity contribution < 1.29 is 4.79 Å². The number of pyridine rings is 1. The molecule has 0 aliphatic carbocycles. The molecular weight excluding hydrogens is 230 g/mol. The molecule has 96 valence electrons. The van der Waals surface area contributed by atoms with Crippen LogP contribution in [0.5, 0.6) is 0 Å². The van der Waals surface area contributed by atoms with E-state index >= 15 is 0 Å². The van der Waals surface area contributed by atoms with Gasteiger partial charge in [0, 0.05) is 31.4 Å². The molecule has 2 unspecified atom stereocenters. The number of carbonyl (C=O) groups excluding carboxylic acids is 1. The van der Waals surface area contributed by atoms with E-state index in [0.717, 1.165) is 19.4 Å². The third-order valence-electron chi connectivity index (χ3n) is 3.86. The lowest BCUT2D eigenvalue weighted by Crippen LogP contribution is -2.40. The quantitative estimate of drug-likeness (QED) is 0.752. The van der Waals surface area contributed by atoms with Gasteiger partial charge in [0.1, 0.15) is 5.56 Å². The molecule has 0 spiro atoms. The number of rotatable bonds is 1. The van der Waals surface area contributed by atoms with Crippen molar-refractivity contribution in [2.45, 2.75) is 31.3 Å². The van der Waals surface area contributed by atoms with Crippen LogP contribution < -0.4 is 10.9 Å². The van der Waals surface area contributed by atoms with Crippen molar-refractivity contribution in [3.05, 3.63) is 34.2 Å². The number of aromatic amines is 1. The van der Waals surface area contributed by atoms with Gasteiger partial charge in [-0.25, -0.2) is 0 Å². The minimum absolute atomic E-state index is 0.147. The summed E-state index contributed by atoms with van der Waals surface area (Å²) < 4.78 is 0. The van der Waals surface area contributed by atoms with Crippen molar-refractivity contribution in [2.24, 2.45) is 0 Å². The van der Waals surface area contributed by atoms with E-state index < -0.39 is 0 Å². The molecule has 2 atom stereocenters. The number of hydrogen-bond acceptors (Lipinski definition) is 3. The van der Waals surface area contributed by atoms with Crippen LogP contribution in [0.3, 0.4) is 0 Å². The first-order chi connectivity index (χ1) is 8.74. The van der Waals surface area contributed by atoms with Gasteiger partial charge < -0.3 is 15.2 Å². The summed E-state index contributed by atoms with van der Waals surface area (Å²) in [5.41, 5.74) is -0.0554. The number of H-pyrrole nitrogens is 1. The van der Waals surface area contributed by atoms with E-state index in [9.17, 15) is 9.59 Å². The van der Waals surface area contributed by atoms with Gasteiger partial charge in [0.25, 0.3) is 11.5 Å². The molecule has 0 saturated carbocycles. The summed E-state index contributed by atoms with van der Waals surface area (Å²) >= 11 is 0. The average molecular weight is 247 g/mol. The molecular formula is C13H17N3O2. The Bertz CT molecular complexity index is 511. The third kappa shape index (κ3) is 2.06. The maximum absolute atomic E-state index is 12.3. The van der Waals surface area contributed by atoms with Crippen LogP contribution in [0, 0.1) is 0 Å². The molecule has 5 heteroatoms. The Labute approximate surface area is 105 Å². The lowest BCUT2D eigenvalue weighted by atomic mass is 10.1. The Balaban J connectivity index is 1.81. The molecule has 1 amide bonds. The summed E-state index contributed by atoms with van der Waals surface area (Å²) in [7, 11) is 0. The molecule has 18 heavy (non-hydrogen) atoms. The number of nitrogens with zero attached hydrogens (tertiary/aromatic N) is 1. The smallest absolute Gasteiger partial charge is 0.260 e. The highest BCUT2D eigenvalue weighted by molar-refractivity contribution is 5.93. The summed E-state index contributed by atoms with van der Waals surface area (Å²) in [6.07, 6.45) is 4.86. The van der Waals surface area contributed by atoms with E-state index in [0.29, 0.717) is 18.6 Å². The summed E-state index contributed by atoms with van der Waals surface area (Å²) in [5.74, 6) is -0.147. The van der Waals surface area contributed by atoms with E-state index in [1.54, 1.807) is 23.2 Å². The van der Waals surface area contributed by atoms with Crippen LogP contribution in [0.25, 0.3) is 0 Å². The average Bonchev–Trinajstić information content (AvgIpc) is 2.69. The predicted octanol–water partition coefficient (Wildman–Crippen LogP) is 0.341. The largest absolute Gasteiger partial charge is 0.337 e. The number of likely N-dealkylation sites (tertiary alicyclic amines) is 1. The summed E-state index contributed by atoms with van der Waals surface area (Å²) in [6, 6.07) is 4.22. The van der Waals surface area contributed by atoms with Crippen LogP contribution in [0.15, 0.2) is 23.1 Å². The minimum atomic E-state index is -0.301. The third-order valence-corrected chi connectivity index (χ3v) is 3.86. The van der Waals surface area contributed by atoms with Crippen molar-refractivity contribution in [3.8, 4) is 0 Å². The molecule has 2 fully saturated rings. The Morgan fingerprint density at radius 1 is 1.28 bits per heavy atom. The zero-order valence-electron chi connectivity index (χ0n) is 10.2. The lowest BCUT2D eigenvalue weighted by molar-refractivity contribution is 0.0746. The van der Waals surface area contributed by atoms with Gasteiger partial charge in [-0.2, -0.15) is 0 Å². The van der Waals surface area contributed by atoms with E-state index in [1.165, 1.54) is 6.42 Å². The van der Waals surface area contributed by atoms with Gasteiger partial charge in [-0.15, -0.1) is 0 Å². The van der Waals surface area contributed by atoms with Crippen LogP contribution in [-0.2, 0) is 0 Å². The van der Waals surface area contributed by atoms with Gasteiger partial charge in [0.15, 0.2) is 0 Å². The summed E-state index contributed by atoms with van der Waals surface area (Å²) in [6.45, 7) is 1.45. The van der Waals surface area contributed by atoms with Crippen molar-refractivity contribution >= 4 is 5.91 Å². The molecule has 2 N–H and O–H groups in total. The first kappa shape index (κ1) is 11.5. The van der Waals surface area contributed by atoms with Crippen molar-refractivity contribution in [1.29, 1.82) is 0 Å². The van der Waals surface area contributed by atoms with Gasteiger partial charge in [0.05, 0.1) is 0 Å². The molecule has 2 aliphatic heterocycles. The number of fused-ring (bicyclic) bond motifs is 2. The minimum Gasteiger partial charge on any atom is -0.337 e. The first-order valence-corrected chi connectivity index (χ1v) is 6.47. The van der Waals surface area contributed by atoms with Gasteiger partial charge >= 0.3 is 0 Å². The van der Waals surface area contributed by atoms with Crippen LogP contribution >= 0.6 is 0 Å². The highest BCUT2D eigenvalue weighted by Crippen LogP contribution is 2.21. The van der Waals surface area contributed by atoms with Gasteiger partial charge in [-0.3, -0.25) is 9.59 Å². The van der Waals surface area contributed by atoms with Crippen LogP contribution in [-0.4, -0.2) is 41.0 Å². The summed E-state index contributed by atoms with van der Waals surface area (Å²) in [4.78, 5) is 28.3. The molecule has 1 aromatic heterocycles. The second kappa shape index (κ2) is 4.57. The van der Waals surface area contributed by atoms with E-state index in [4.69, 9.17) is 0 Å². The second-order valence-electron chi connectivity index (χ2n) is 5.09. The molecule has 2 bridgehead atoms. The monoisotopic (exact) mass is 247 g/mol. The first-order valence-electron chi connectivity index (χ1n) is 6.47.